The van der Waals surface area contributed by atoms with Crippen molar-refractivity contribution in [3.63, 3.8) is 0 Å². The molecule has 0 spiro atoms. The van der Waals surface area contributed by atoms with Gasteiger partial charge in [0.2, 0.25) is 0 Å². The topological polar surface area (TPSA) is 26.0 Å². The first-order valence-corrected chi connectivity index (χ1v) is 11.5. The summed E-state index contributed by atoms with van der Waals surface area (Å²) in [6.45, 7) is -5.21. The van der Waals surface area contributed by atoms with Crippen molar-refractivity contribution in [3.8, 4) is 22.4 Å². The summed E-state index contributed by atoms with van der Waals surface area (Å²) in [5.74, 6) is 0. The van der Waals surface area contributed by atoms with Crippen molar-refractivity contribution in [1.82, 2.24) is 4.98 Å². The molecule has 35 heavy (non-hydrogen) atoms. The van der Waals surface area contributed by atoms with E-state index in [0.717, 1.165) is 55.2 Å². The highest BCUT2D eigenvalue weighted by atomic mass is 16.3. The minimum absolute atomic E-state index is 0.236. The molecule has 7 rings (SSSR count). The maximum Gasteiger partial charge on any atom is 0.144 e. The lowest BCUT2D eigenvalue weighted by Crippen LogP contribution is -1.88. The van der Waals surface area contributed by atoms with Crippen molar-refractivity contribution in [2.75, 3.05) is 0 Å². The highest BCUT2D eigenvalue weighted by molar-refractivity contribution is 6.25. The number of para-hydroxylation sites is 1. The fraction of sp³-hybridized carbons (Fsp3) is 0.0606. The molecule has 2 heteroatoms. The molecule has 0 radical (unpaired) electrons. The molecule has 0 saturated heterocycles. The van der Waals surface area contributed by atoms with Gasteiger partial charge in [0.25, 0.3) is 0 Å². The monoisotopic (exact) mass is 455 g/mol. The van der Waals surface area contributed by atoms with E-state index in [-0.39, 0.29) is 11.1 Å². The first kappa shape index (κ1) is 14.7. The molecule has 5 aromatic carbocycles. The van der Waals surface area contributed by atoms with Crippen LogP contribution in [0.4, 0.5) is 0 Å². The predicted molar refractivity (Wildman–Crippen MR) is 147 cm³/mol. The lowest BCUT2D eigenvalue weighted by atomic mass is 9.92. The van der Waals surface area contributed by atoms with Gasteiger partial charge in [0.15, 0.2) is 0 Å². The van der Waals surface area contributed by atoms with Gasteiger partial charge in [0.05, 0.1) is 5.69 Å². The molecule has 7 aromatic rings. The van der Waals surface area contributed by atoms with E-state index in [9.17, 15) is 0 Å². The molecule has 0 aliphatic carbocycles. The molecule has 0 amide bonds. The zero-order valence-corrected chi connectivity index (χ0v) is 18.7. The lowest BCUT2D eigenvalue weighted by molar-refractivity contribution is 0.674. The second-order valence-corrected chi connectivity index (χ2v) is 8.78. The predicted octanol–water partition coefficient (Wildman–Crippen LogP) is 9.24. The number of aromatic nitrogens is 1. The third-order valence-corrected chi connectivity index (χ3v) is 6.75. The fourth-order valence-electron chi connectivity index (χ4n) is 5.11. The van der Waals surface area contributed by atoms with Gasteiger partial charge in [-0.1, -0.05) is 72.8 Å². The molecule has 0 aliphatic heterocycles. The van der Waals surface area contributed by atoms with E-state index in [1.165, 1.54) is 6.07 Å². The Morgan fingerprint density at radius 2 is 1.40 bits per heavy atom. The normalized spacial score (nSPS) is 15.0. The average molecular weight is 456 g/mol. The van der Waals surface area contributed by atoms with Crippen LogP contribution in [0.5, 0.6) is 0 Å². The third kappa shape index (κ3) is 3.00. The standard InChI is InChI=1S/C33H23NO/c1-20-17-30(34-19-21(20)2)28-14-8-13-26-27-16-15-23-18-29(22-9-4-3-5-10-22)24-11-6-7-12-25(24)31(23)33(27)35-32(26)28/h3-19H,1-2H3/i1D3,2D3. The molecule has 2 nitrogen and oxygen atoms in total. The molecule has 0 bridgehead atoms. The Morgan fingerprint density at radius 1 is 0.629 bits per heavy atom. The fourth-order valence-corrected chi connectivity index (χ4v) is 5.11. The molecule has 0 unspecified atom stereocenters. The Labute approximate surface area is 211 Å². The van der Waals surface area contributed by atoms with Crippen LogP contribution in [0.15, 0.2) is 108 Å². The molecular weight excluding hydrogens is 426 g/mol. The van der Waals surface area contributed by atoms with Gasteiger partial charge in [-0.3, -0.25) is 4.98 Å². The highest BCUT2D eigenvalue weighted by Gasteiger charge is 2.18. The molecule has 166 valence electrons. The summed E-state index contributed by atoms with van der Waals surface area (Å²) in [7, 11) is 0. The van der Waals surface area contributed by atoms with E-state index in [1.54, 1.807) is 0 Å². The maximum atomic E-state index is 7.98. The number of hydrogen-bond donors (Lipinski definition) is 0. The van der Waals surface area contributed by atoms with Gasteiger partial charge in [-0.05, 0) is 76.4 Å². The minimum Gasteiger partial charge on any atom is -0.455 e. The highest BCUT2D eigenvalue weighted by Crippen LogP contribution is 2.42. The van der Waals surface area contributed by atoms with Gasteiger partial charge in [0.1, 0.15) is 11.2 Å². The van der Waals surface area contributed by atoms with Crippen molar-refractivity contribution in [3.05, 3.63) is 114 Å². The molecule has 0 atom stereocenters. The SMILES string of the molecule is [2H]C([2H])([2H])c1cnc(-c2cccc3c2oc2c3ccc3cc(-c4ccccc4)c4ccccc4c32)cc1C([2H])([2H])[2H]. The first-order chi connectivity index (χ1) is 19.6. The van der Waals surface area contributed by atoms with E-state index in [0.29, 0.717) is 16.8 Å². The second kappa shape index (κ2) is 7.54. The van der Waals surface area contributed by atoms with E-state index < -0.39 is 13.7 Å². The largest absolute Gasteiger partial charge is 0.455 e. The van der Waals surface area contributed by atoms with E-state index in [2.05, 4.69) is 47.4 Å². The van der Waals surface area contributed by atoms with Gasteiger partial charge in [0, 0.05) is 36.1 Å². The number of pyridine rings is 1. The van der Waals surface area contributed by atoms with E-state index in [4.69, 9.17) is 12.6 Å². The first-order valence-electron chi connectivity index (χ1n) is 14.5. The Kier molecular flexibility index (Phi) is 3.18. The van der Waals surface area contributed by atoms with Gasteiger partial charge in [-0.15, -0.1) is 0 Å². The van der Waals surface area contributed by atoms with Crippen LogP contribution >= 0.6 is 0 Å². The number of fused-ring (bicyclic) bond motifs is 7. The molecular formula is C33H23NO. The lowest BCUT2D eigenvalue weighted by Gasteiger charge is -2.11. The van der Waals surface area contributed by atoms with Crippen molar-refractivity contribution >= 4 is 43.5 Å². The number of hydrogen-bond acceptors (Lipinski definition) is 2. The van der Waals surface area contributed by atoms with Crippen LogP contribution in [0, 0.1) is 13.7 Å². The van der Waals surface area contributed by atoms with Gasteiger partial charge >= 0.3 is 0 Å². The summed E-state index contributed by atoms with van der Waals surface area (Å²) in [6.07, 6.45) is 1.15. The van der Waals surface area contributed by atoms with Gasteiger partial charge in [-0.25, -0.2) is 0 Å². The van der Waals surface area contributed by atoms with Gasteiger partial charge < -0.3 is 4.42 Å². The Morgan fingerprint density at radius 3 is 2.26 bits per heavy atom. The summed E-state index contributed by atoms with van der Waals surface area (Å²) in [5.41, 5.74) is 4.00. The Hall–Kier alpha value is -4.43. The van der Waals surface area contributed by atoms with Crippen LogP contribution in [0.2, 0.25) is 0 Å². The molecule has 0 aliphatic rings. The van der Waals surface area contributed by atoms with E-state index in [1.807, 2.05) is 48.5 Å². The zero-order valence-electron chi connectivity index (χ0n) is 24.7. The van der Waals surface area contributed by atoms with Crippen LogP contribution in [-0.2, 0) is 0 Å². The molecule has 0 N–H and O–H groups in total. The van der Waals surface area contributed by atoms with Gasteiger partial charge in [-0.2, -0.15) is 0 Å². The molecule has 2 heterocycles. The molecule has 0 fully saturated rings. The third-order valence-electron chi connectivity index (χ3n) is 6.75. The summed E-state index contributed by atoms with van der Waals surface area (Å²) >= 11 is 0. The van der Waals surface area contributed by atoms with Crippen molar-refractivity contribution in [2.24, 2.45) is 0 Å². The maximum absolute atomic E-state index is 7.98. The average Bonchev–Trinajstić information content (AvgIpc) is 3.35. The van der Waals surface area contributed by atoms with Crippen molar-refractivity contribution in [2.45, 2.75) is 13.7 Å². The second-order valence-electron chi connectivity index (χ2n) is 8.78. The number of aryl methyl sites for hydroxylation is 2. The number of rotatable bonds is 2. The van der Waals surface area contributed by atoms with Crippen LogP contribution in [0.25, 0.3) is 65.9 Å². The van der Waals surface area contributed by atoms with Crippen LogP contribution in [0.3, 0.4) is 0 Å². The summed E-state index contributed by atoms with van der Waals surface area (Å²) in [5, 5.41) is 6.02. The smallest absolute Gasteiger partial charge is 0.144 e. The van der Waals surface area contributed by atoms with Crippen LogP contribution in [0.1, 0.15) is 19.4 Å². The quantitative estimate of drug-likeness (QED) is 0.243. The summed E-state index contributed by atoms with van der Waals surface area (Å²) in [6, 6.07) is 32.0. The van der Waals surface area contributed by atoms with Crippen LogP contribution < -0.4 is 0 Å². The zero-order chi connectivity index (χ0) is 28.5. The van der Waals surface area contributed by atoms with E-state index >= 15 is 0 Å². The summed E-state index contributed by atoms with van der Waals surface area (Å²) < 4.78 is 54.0. The summed E-state index contributed by atoms with van der Waals surface area (Å²) in [4.78, 5) is 4.40. The van der Waals surface area contributed by atoms with Crippen molar-refractivity contribution < 1.29 is 12.6 Å². The minimum atomic E-state index is -2.62. The Balaban J connectivity index is 1.52. The Bertz CT molecular complexity index is 2120. The molecule has 0 saturated carbocycles. The molecule has 2 aromatic heterocycles. The number of benzene rings is 5. The van der Waals surface area contributed by atoms with Crippen LogP contribution in [-0.4, -0.2) is 4.98 Å². The van der Waals surface area contributed by atoms with Crippen molar-refractivity contribution in [1.29, 1.82) is 0 Å². The number of nitrogens with zero attached hydrogens (tertiary/aromatic N) is 1. The number of furan rings is 1.